The SMILES string of the molecule is CCn1c(NC(=O)CCc2nc(-c3ccsc3)no2)nc2ccccc21. The summed E-state index contributed by atoms with van der Waals surface area (Å²) in [5.74, 6) is 1.42. The van der Waals surface area contributed by atoms with E-state index in [-0.39, 0.29) is 12.3 Å². The third-order valence-electron chi connectivity index (χ3n) is 4.04. The van der Waals surface area contributed by atoms with Crippen LogP contribution in [0, 0.1) is 0 Å². The van der Waals surface area contributed by atoms with Crippen LogP contribution in [0.4, 0.5) is 5.95 Å². The van der Waals surface area contributed by atoms with Gasteiger partial charge in [0.05, 0.1) is 11.0 Å². The minimum absolute atomic E-state index is 0.134. The second kappa shape index (κ2) is 7.09. The van der Waals surface area contributed by atoms with Gasteiger partial charge < -0.3 is 9.09 Å². The summed E-state index contributed by atoms with van der Waals surface area (Å²) in [7, 11) is 0. The van der Waals surface area contributed by atoms with Crippen LogP contribution < -0.4 is 5.32 Å². The zero-order valence-electron chi connectivity index (χ0n) is 14.2. The molecule has 0 aliphatic heterocycles. The summed E-state index contributed by atoms with van der Waals surface area (Å²) in [5.41, 5.74) is 2.79. The molecule has 0 radical (unpaired) electrons. The number of carbonyl (C=O) groups excluding carboxylic acids is 1. The average Bonchev–Trinajstić information content (AvgIpc) is 3.38. The van der Waals surface area contributed by atoms with E-state index in [4.69, 9.17) is 4.52 Å². The largest absolute Gasteiger partial charge is 0.339 e. The lowest BCUT2D eigenvalue weighted by Gasteiger charge is -2.06. The monoisotopic (exact) mass is 367 g/mol. The first-order valence-corrected chi connectivity index (χ1v) is 9.29. The van der Waals surface area contributed by atoms with Crippen molar-refractivity contribution in [2.24, 2.45) is 0 Å². The fourth-order valence-electron chi connectivity index (χ4n) is 2.76. The van der Waals surface area contributed by atoms with E-state index < -0.39 is 0 Å². The molecule has 0 aliphatic rings. The fourth-order valence-corrected chi connectivity index (χ4v) is 3.40. The van der Waals surface area contributed by atoms with Crippen molar-refractivity contribution in [3.05, 3.63) is 47.0 Å². The number of aromatic nitrogens is 4. The van der Waals surface area contributed by atoms with Gasteiger partial charge >= 0.3 is 0 Å². The number of hydrogen-bond donors (Lipinski definition) is 1. The minimum Gasteiger partial charge on any atom is -0.339 e. The number of thiophene rings is 1. The van der Waals surface area contributed by atoms with Crippen LogP contribution in [0.1, 0.15) is 19.2 Å². The molecule has 4 rings (SSSR count). The Morgan fingerprint density at radius 2 is 2.15 bits per heavy atom. The predicted molar refractivity (Wildman–Crippen MR) is 100.0 cm³/mol. The van der Waals surface area contributed by atoms with Crippen molar-refractivity contribution < 1.29 is 9.32 Å². The number of imidazole rings is 1. The van der Waals surface area contributed by atoms with Gasteiger partial charge in [0.1, 0.15) is 0 Å². The highest BCUT2D eigenvalue weighted by Gasteiger charge is 2.14. The second-order valence-electron chi connectivity index (χ2n) is 5.74. The Hall–Kier alpha value is -3.00. The number of anilines is 1. The number of para-hydroxylation sites is 2. The topological polar surface area (TPSA) is 85.8 Å². The van der Waals surface area contributed by atoms with Crippen LogP contribution >= 0.6 is 11.3 Å². The van der Waals surface area contributed by atoms with E-state index in [1.54, 1.807) is 11.3 Å². The predicted octanol–water partition coefficient (Wildman–Crippen LogP) is 3.74. The number of carbonyl (C=O) groups is 1. The van der Waals surface area contributed by atoms with E-state index in [1.165, 1.54) is 0 Å². The van der Waals surface area contributed by atoms with Crippen molar-refractivity contribution in [1.82, 2.24) is 19.7 Å². The van der Waals surface area contributed by atoms with Crippen LogP contribution in [0.15, 0.2) is 45.6 Å². The van der Waals surface area contributed by atoms with Crippen molar-refractivity contribution in [2.75, 3.05) is 5.32 Å². The highest BCUT2D eigenvalue weighted by molar-refractivity contribution is 7.08. The lowest BCUT2D eigenvalue weighted by atomic mass is 10.3. The van der Waals surface area contributed by atoms with Crippen LogP contribution in [0.25, 0.3) is 22.4 Å². The standard InChI is InChI=1S/C18H17N5O2S/c1-2-23-14-6-4-3-5-13(14)19-18(23)20-15(24)7-8-16-21-17(22-25-16)12-9-10-26-11-12/h3-6,9-11H,2,7-8H2,1H3,(H,19,20,24). The molecule has 0 atom stereocenters. The number of amides is 1. The van der Waals surface area contributed by atoms with Crippen LogP contribution in [0.5, 0.6) is 0 Å². The molecule has 132 valence electrons. The molecule has 3 aromatic heterocycles. The molecular formula is C18H17N5O2S. The molecule has 0 bridgehead atoms. The van der Waals surface area contributed by atoms with Gasteiger partial charge in [-0.2, -0.15) is 16.3 Å². The Kier molecular flexibility index (Phi) is 4.49. The highest BCUT2D eigenvalue weighted by atomic mass is 32.1. The third-order valence-corrected chi connectivity index (χ3v) is 4.72. The number of fused-ring (bicyclic) bond motifs is 1. The number of aryl methyl sites for hydroxylation is 2. The first-order chi connectivity index (χ1) is 12.7. The van der Waals surface area contributed by atoms with Gasteiger partial charge in [0.2, 0.25) is 23.6 Å². The maximum atomic E-state index is 12.3. The molecule has 0 spiro atoms. The summed E-state index contributed by atoms with van der Waals surface area (Å²) in [4.78, 5) is 21.1. The van der Waals surface area contributed by atoms with Crippen LogP contribution in [-0.2, 0) is 17.8 Å². The van der Waals surface area contributed by atoms with Crippen LogP contribution in [0.2, 0.25) is 0 Å². The zero-order chi connectivity index (χ0) is 17.9. The van der Waals surface area contributed by atoms with E-state index in [0.717, 1.165) is 23.1 Å². The normalized spacial score (nSPS) is 11.1. The van der Waals surface area contributed by atoms with E-state index in [9.17, 15) is 4.79 Å². The maximum absolute atomic E-state index is 12.3. The smallest absolute Gasteiger partial charge is 0.227 e. The van der Waals surface area contributed by atoms with Gasteiger partial charge in [0.15, 0.2) is 0 Å². The van der Waals surface area contributed by atoms with Gasteiger partial charge in [0, 0.05) is 30.3 Å². The Labute approximate surface area is 153 Å². The van der Waals surface area contributed by atoms with E-state index in [0.29, 0.717) is 24.1 Å². The zero-order valence-corrected chi connectivity index (χ0v) is 15.0. The van der Waals surface area contributed by atoms with Gasteiger partial charge in [-0.05, 0) is 30.5 Å². The highest BCUT2D eigenvalue weighted by Crippen LogP contribution is 2.20. The summed E-state index contributed by atoms with van der Waals surface area (Å²) in [6.45, 7) is 2.75. The first kappa shape index (κ1) is 16.5. The summed E-state index contributed by atoms with van der Waals surface area (Å²) >= 11 is 1.57. The Bertz CT molecular complexity index is 1040. The quantitative estimate of drug-likeness (QED) is 0.561. The number of nitrogens with zero attached hydrogens (tertiary/aromatic N) is 4. The molecule has 1 amide bonds. The number of nitrogens with one attached hydrogen (secondary N) is 1. The fraction of sp³-hybridized carbons (Fsp3) is 0.222. The van der Waals surface area contributed by atoms with Gasteiger partial charge in [0.25, 0.3) is 0 Å². The average molecular weight is 367 g/mol. The summed E-state index contributed by atoms with van der Waals surface area (Å²) in [5, 5.41) is 10.7. The van der Waals surface area contributed by atoms with Crippen molar-refractivity contribution >= 4 is 34.2 Å². The van der Waals surface area contributed by atoms with Gasteiger partial charge in [-0.1, -0.05) is 17.3 Å². The van der Waals surface area contributed by atoms with E-state index in [1.807, 2.05) is 52.6 Å². The second-order valence-corrected chi connectivity index (χ2v) is 6.52. The number of hydrogen-bond acceptors (Lipinski definition) is 6. The Morgan fingerprint density at radius 3 is 2.96 bits per heavy atom. The molecule has 1 N–H and O–H groups in total. The molecular weight excluding hydrogens is 350 g/mol. The molecule has 0 aliphatic carbocycles. The molecule has 26 heavy (non-hydrogen) atoms. The van der Waals surface area contributed by atoms with Crippen LogP contribution in [-0.4, -0.2) is 25.6 Å². The summed E-state index contributed by atoms with van der Waals surface area (Å²) in [6, 6.07) is 9.75. The Balaban J connectivity index is 1.42. The van der Waals surface area contributed by atoms with Gasteiger partial charge in [-0.3, -0.25) is 10.1 Å². The molecule has 0 fully saturated rings. The van der Waals surface area contributed by atoms with Crippen LogP contribution in [0.3, 0.4) is 0 Å². The lowest BCUT2D eigenvalue weighted by Crippen LogP contribution is -2.16. The Morgan fingerprint density at radius 1 is 1.27 bits per heavy atom. The lowest BCUT2D eigenvalue weighted by molar-refractivity contribution is -0.116. The van der Waals surface area contributed by atoms with Gasteiger partial charge in [-0.25, -0.2) is 4.98 Å². The van der Waals surface area contributed by atoms with Crippen molar-refractivity contribution in [1.29, 1.82) is 0 Å². The van der Waals surface area contributed by atoms with Crippen molar-refractivity contribution in [2.45, 2.75) is 26.3 Å². The molecule has 1 aromatic carbocycles. The number of benzene rings is 1. The van der Waals surface area contributed by atoms with Crippen molar-refractivity contribution in [3.8, 4) is 11.4 Å². The molecule has 0 saturated carbocycles. The molecule has 8 heteroatoms. The first-order valence-electron chi connectivity index (χ1n) is 8.35. The van der Waals surface area contributed by atoms with Crippen molar-refractivity contribution in [3.63, 3.8) is 0 Å². The molecule has 0 saturated heterocycles. The molecule has 4 aromatic rings. The molecule has 7 nitrogen and oxygen atoms in total. The van der Waals surface area contributed by atoms with E-state index >= 15 is 0 Å². The van der Waals surface area contributed by atoms with Gasteiger partial charge in [-0.15, -0.1) is 0 Å². The third kappa shape index (κ3) is 3.23. The molecule has 0 unspecified atom stereocenters. The summed E-state index contributed by atoms with van der Waals surface area (Å²) < 4.78 is 7.21. The molecule has 3 heterocycles. The summed E-state index contributed by atoms with van der Waals surface area (Å²) in [6.07, 6.45) is 0.632. The number of rotatable bonds is 6. The van der Waals surface area contributed by atoms with E-state index in [2.05, 4.69) is 20.4 Å². The minimum atomic E-state index is -0.134. The maximum Gasteiger partial charge on any atom is 0.227 e.